The van der Waals surface area contributed by atoms with E-state index >= 15 is 0 Å². The maximum absolute atomic E-state index is 11.4. The van der Waals surface area contributed by atoms with Crippen molar-refractivity contribution in [1.82, 2.24) is 5.32 Å². The van der Waals surface area contributed by atoms with Crippen LogP contribution in [0.5, 0.6) is 0 Å². The van der Waals surface area contributed by atoms with Gasteiger partial charge >= 0.3 is 0 Å². The summed E-state index contributed by atoms with van der Waals surface area (Å²) in [4.78, 5) is 11.4. The van der Waals surface area contributed by atoms with Crippen LogP contribution >= 0.6 is 11.6 Å². The highest BCUT2D eigenvalue weighted by molar-refractivity contribution is 6.29. The van der Waals surface area contributed by atoms with Crippen LogP contribution in [0.1, 0.15) is 25.7 Å². The first-order valence-electron chi connectivity index (χ1n) is 4.95. The highest BCUT2D eigenvalue weighted by Gasteiger charge is 2.25. The number of hydrogen-bond acceptors (Lipinski definition) is 2. The lowest BCUT2D eigenvalue weighted by Gasteiger charge is -2.14. The fourth-order valence-corrected chi connectivity index (χ4v) is 1.89. The largest absolute Gasteiger partial charge is 0.351 e. The molecule has 0 saturated heterocycles. The van der Waals surface area contributed by atoms with E-state index in [0.29, 0.717) is 23.9 Å². The standard InChI is InChI=1S/C10H17ClN2O/c1-7(11)6-13-10(14)5-8-3-2-4-9(8)12/h8-9H,1-6,12H2,(H,13,14)/t8-,9+/m0/s1. The third-order valence-electron chi connectivity index (χ3n) is 2.64. The average Bonchev–Trinajstić information content (AvgIpc) is 2.49. The lowest BCUT2D eigenvalue weighted by molar-refractivity contribution is -0.121. The molecule has 0 spiro atoms. The summed E-state index contributed by atoms with van der Waals surface area (Å²) in [5.41, 5.74) is 5.86. The molecule has 1 rings (SSSR count). The Morgan fingerprint density at radius 2 is 2.29 bits per heavy atom. The summed E-state index contributed by atoms with van der Waals surface area (Å²) in [6.07, 6.45) is 3.77. The van der Waals surface area contributed by atoms with Gasteiger partial charge in [0.2, 0.25) is 5.91 Å². The first-order chi connectivity index (χ1) is 6.59. The van der Waals surface area contributed by atoms with Gasteiger partial charge < -0.3 is 11.1 Å². The lowest BCUT2D eigenvalue weighted by atomic mass is 10.00. The Hall–Kier alpha value is -0.540. The second-order valence-corrected chi connectivity index (χ2v) is 4.39. The molecule has 80 valence electrons. The second-order valence-electron chi connectivity index (χ2n) is 3.85. The molecule has 14 heavy (non-hydrogen) atoms. The summed E-state index contributed by atoms with van der Waals surface area (Å²) < 4.78 is 0. The van der Waals surface area contributed by atoms with Gasteiger partial charge in [-0.05, 0) is 18.8 Å². The van der Waals surface area contributed by atoms with Crippen molar-refractivity contribution >= 4 is 17.5 Å². The van der Waals surface area contributed by atoms with Gasteiger partial charge in [-0.2, -0.15) is 0 Å². The summed E-state index contributed by atoms with van der Waals surface area (Å²) >= 11 is 5.53. The van der Waals surface area contributed by atoms with Crippen LogP contribution in [0.15, 0.2) is 11.6 Å². The average molecular weight is 217 g/mol. The predicted molar refractivity (Wildman–Crippen MR) is 57.9 cm³/mol. The first-order valence-corrected chi connectivity index (χ1v) is 5.33. The van der Waals surface area contributed by atoms with Crippen LogP contribution in [-0.2, 0) is 4.79 Å². The van der Waals surface area contributed by atoms with Crippen molar-refractivity contribution in [3.05, 3.63) is 11.6 Å². The molecule has 1 aliphatic carbocycles. The normalized spacial score (nSPS) is 26.1. The number of nitrogens with two attached hydrogens (primary N) is 1. The number of nitrogens with one attached hydrogen (secondary N) is 1. The van der Waals surface area contributed by atoms with Gasteiger partial charge in [-0.3, -0.25) is 4.79 Å². The number of rotatable bonds is 4. The molecule has 1 fully saturated rings. The Labute approximate surface area is 89.7 Å². The van der Waals surface area contributed by atoms with Crippen molar-refractivity contribution in [1.29, 1.82) is 0 Å². The predicted octanol–water partition coefficient (Wildman–Crippen LogP) is 1.37. The summed E-state index contributed by atoms with van der Waals surface area (Å²) in [6, 6.07) is 0.194. The molecule has 0 aromatic carbocycles. The van der Waals surface area contributed by atoms with Crippen LogP contribution in [0.25, 0.3) is 0 Å². The van der Waals surface area contributed by atoms with Crippen molar-refractivity contribution in [2.24, 2.45) is 11.7 Å². The lowest BCUT2D eigenvalue weighted by Crippen LogP contribution is -2.32. The molecule has 3 N–H and O–H groups in total. The maximum atomic E-state index is 11.4. The molecule has 0 bridgehead atoms. The number of hydrogen-bond donors (Lipinski definition) is 2. The summed E-state index contributed by atoms with van der Waals surface area (Å²) in [5, 5.41) is 3.16. The summed E-state index contributed by atoms with van der Waals surface area (Å²) in [7, 11) is 0. The maximum Gasteiger partial charge on any atom is 0.220 e. The molecule has 0 unspecified atom stereocenters. The molecule has 0 aromatic heterocycles. The molecule has 1 aliphatic rings. The van der Waals surface area contributed by atoms with Crippen molar-refractivity contribution in [3.8, 4) is 0 Å². The minimum atomic E-state index is 0.0224. The molecule has 4 heteroatoms. The first kappa shape index (κ1) is 11.5. The second kappa shape index (κ2) is 5.37. The number of halogens is 1. The quantitative estimate of drug-likeness (QED) is 0.746. The highest BCUT2D eigenvalue weighted by Crippen LogP contribution is 2.26. The van der Waals surface area contributed by atoms with Gasteiger partial charge in [-0.1, -0.05) is 24.6 Å². The van der Waals surface area contributed by atoms with Crippen molar-refractivity contribution in [3.63, 3.8) is 0 Å². The molecule has 0 radical (unpaired) electrons. The molecular formula is C10H17ClN2O. The fraction of sp³-hybridized carbons (Fsp3) is 0.700. The molecule has 0 aromatic rings. The zero-order valence-corrected chi connectivity index (χ0v) is 9.02. The molecule has 2 atom stereocenters. The Kier molecular flexibility index (Phi) is 4.42. The van der Waals surface area contributed by atoms with Crippen LogP contribution in [-0.4, -0.2) is 18.5 Å². The van der Waals surface area contributed by atoms with Gasteiger partial charge in [0.15, 0.2) is 0 Å². The van der Waals surface area contributed by atoms with E-state index in [1.54, 1.807) is 0 Å². The molecule has 0 heterocycles. The van der Waals surface area contributed by atoms with E-state index in [1.807, 2.05) is 0 Å². The van der Waals surface area contributed by atoms with Crippen molar-refractivity contribution < 1.29 is 4.79 Å². The van der Waals surface area contributed by atoms with Crippen LogP contribution in [0.4, 0.5) is 0 Å². The Bertz CT molecular complexity index is 230. The van der Waals surface area contributed by atoms with E-state index in [9.17, 15) is 4.79 Å². The zero-order chi connectivity index (χ0) is 10.6. The van der Waals surface area contributed by atoms with Crippen LogP contribution in [0.2, 0.25) is 0 Å². The minimum Gasteiger partial charge on any atom is -0.351 e. The zero-order valence-electron chi connectivity index (χ0n) is 8.26. The van der Waals surface area contributed by atoms with Crippen LogP contribution in [0, 0.1) is 5.92 Å². The van der Waals surface area contributed by atoms with Gasteiger partial charge in [0, 0.05) is 17.5 Å². The van der Waals surface area contributed by atoms with Gasteiger partial charge in [-0.15, -0.1) is 0 Å². The number of carbonyl (C=O) groups excluding carboxylic acids is 1. The fourth-order valence-electron chi connectivity index (χ4n) is 1.82. The van der Waals surface area contributed by atoms with Crippen molar-refractivity contribution in [2.75, 3.05) is 6.54 Å². The van der Waals surface area contributed by atoms with Gasteiger partial charge in [0.1, 0.15) is 0 Å². The third-order valence-corrected chi connectivity index (χ3v) is 2.78. The van der Waals surface area contributed by atoms with Crippen LogP contribution < -0.4 is 11.1 Å². The third kappa shape index (κ3) is 3.68. The van der Waals surface area contributed by atoms with Crippen LogP contribution in [0.3, 0.4) is 0 Å². The van der Waals surface area contributed by atoms with E-state index in [2.05, 4.69) is 11.9 Å². The van der Waals surface area contributed by atoms with E-state index in [1.165, 1.54) is 0 Å². The SMILES string of the molecule is C=C(Cl)CNC(=O)C[C@@H]1CCC[C@H]1N. The van der Waals surface area contributed by atoms with Gasteiger partial charge in [-0.25, -0.2) is 0 Å². The molecule has 1 amide bonds. The Balaban J connectivity index is 2.22. The topological polar surface area (TPSA) is 55.1 Å². The van der Waals surface area contributed by atoms with Gasteiger partial charge in [0.25, 0.3) is 0 Å². The van der Waals surface area contributed by atoms with Crippen molar-refractivity contribution in [2.45, 2.75) is 31.7 Å². The molecule has 3 nitrogen and oxygen atoms in total. The molecule has 0 aliphatic heterocycles. The highest BCUT2D eigenvalue weighted by atomic mass is 35.5. The minimum absolute atomic E-state index is 0.0224. The van der Waals surface area contributed by atoms with Gasteiger partial charge in [0.05, 0.1) is 6.54 Å². The number of amides is 1. The van der Waals surface area contributed by atoms with E-state index < -0.39 is 0 Å². The summed E-state index contributed by atoms with van der Waals surface area (Å²) in [6.45, 7) is 3.85. The molecular weight excluding hydrogens is 200 g/mol. The molecule has 1 saturated carbocycles. The summed E-state index contributed by atoms with van der Waals surface area (Å²) in [5.74, 6) is 0.368. The van der Waals surface area contributed by atoms with E-state index in [-0.39, 0.29) is 11.9 Å². The van der Waals surface area contributed by atoms with E-state index in [4.69, 9.17) is 17.3 Å². The Morgan fingerprint density at radius 3 is 2.79 bits per heavy atom. The number of carbonyl (C=O) groups is 1. The smallest absolute Gasteiger partial charge is 0.220 e. The monoisotopic (exact) mass is 216 g/mol. The van der Waals surface area contributed by atoms with E-state index in [0.717, 1.165) is 19.3 Å². The Morgan fingerprint density at radius 1 is 1.57 bits per heavy atom.